The smallest absolute Gasteiger partial charge is 0.251 e. The van der Waals surface area contributed by atoms with E-state index < -0.39 is 0 Å². The van der Waals surface area contributed by atoms with Crippen molar-refractivity contribution in [3.05, 3.63) is 57.2 Å². The molecular formula is C19H22INO3. The minimum Gasteiger partial charge on any atom is -0.490 e. The maximum absolute atomic E-state index is 12.4. The van der Waals surface area contributed by atoms with Crippen molar-refractivity contribution in [3.8, 4) is 11.5 Å². The highest BCUT2D eigenvalue weighted by Gasteiger charge is 2.15. The summed E-state index contributed by atoms with van der Waals surface area (Å²) in [6.45, 7) is 5.61. The maximum Gasteiger partial charge on any atom is 0.251 e. The molecule has 0 aliphatic heterocycles. The first-order chi connectivity index (χ1) is 11.7. The van der Waals surface area contributed by atoms with Gasteiger partial charge in [-0.05, 0) is 53.6 Å². The summed E-state index contributed by atoms with van der Waals surface area (Å²) in [5.74, 6) is 1.20. The molecule has 0 fully saturated rings. The first-order valence-corrected chi connectivity index (χ1v) is 9.14. The molecule has 2 rings (SSSR count). The molecule has 0 saturated carbocycles. The van der Waals surface area contributed by atoms with Crippen LogP contribution in [0.3, 0.4) is 0 Å². The van der Waals surface area contributed by atoms with Crippen LogP contribution in [-0.2, 0) is 6.54 Å². The summed E-state index contributed by atoms with van der Waals surface area (Å²) in [7, 11) is 0. The summed E-state index contributed by atoms with van der Waals surface area (Å²) in [5, 5.41) is 2.94. The third-order valence-electron chi connectivity index (χ3n) is 3.32. The zero-order valence-corrected chi connectivity index (χ0v) is 16.1. The third kappa shape index (κ3) is 5.12. The summed E-state index contributed by atoms with van der Waals surface area (Å²) in [4.78, 5) is 12.4. The van der Waals surface area contributed by atoms with Crippen LogP contribution in [-0.4, -0.2) is 19.1 Å². The van der Waals surface area contributed by atoms with E-state index >= 15 is 0 Å². The van der Waals surface area contributed by atoms with E-state index in [9.17, 15) is 4.79 Å². The van der Waals surface area contributed by atoms with Crippen LogP contribution >= 0.6 is 22.6 Å². The van der Waals surface area contributed by atoms with E-state index in [4.69, 9.17) is 9.47 Å². The second kappa shape index (κ2) is 9.52. The van der Waals surface area contributed by atoms with Gasteiger partial charge in [-0.1, -0.05) is 37.3 Å². The molecule has 0 heterocycles. The van der Waals surface area contributed by atoms with Gasteiger partial charge in [-0.15, -0.1) is 0 Å². The van der Waals surface area contributed by atoms with Crippen LogP contribution in [0.5, 0.6) is 11.5 Å². The van der Waals surface area contributed by atoms with Crippen LogP contribution in [0.4, 0.5) is 0 Å². The summed E-state index contributed by atoms with van der Waals surface area (Å²) in [6, 6.07) is 13.4. The number of nitrogens with one attached hydrogen (secondary N) is 1. The van der Waals surface area contributed by atoms with Gasteiger partial charge < -0.3 is 14.8 Å². The van der Waals surface area contributed by atoms with E-state index in [-0.39, 0.29) is 5.91 Å². The topological polar surface area (TPSA) is 47.6 Å². The van der Waals surface area contributed by atoms with Gasteiger partial charge in [0, 0.05) is 12.1 Å². The first-order valence-electron chi connectivity index (χ1n) is 8.07. The van der Waals surface area contributed by atoms with Crippen LogP contribution in [0.25, 0.3) is 0 Å². The van der Waals surface area contributed by atoms with Crippen molar-refractivity contribution in [3.63, 3.8) is 0 Å². The summed E-state index contributed by atoms with van der Waals surface area (Å²) < 4.78 is 12.3. The number of carbonyl (C=O) groups is 1. The molecule has 0 aromatic heterocycles. The highest BCUT2D eigenvalue weighted by atomic mass is 127. The Bertz CT molecular complexity index is 674. The van der Waals surface area contributed by atoms with Gasteiger partial charge in [0.05, 0.1) is 16.8 Å². The van der Waals surface area contributed by atoms with Gasteiger partial charge in [0.1, 0.15) is 0 Å². The zero-order valence-electron chi connectivity index (χ0n) is 14.0. The number of hydrogen-bond donors (Lipinski definition) is 1. The van der Waals surface area contributed by atoms with Crippen LogP contribution in [0.1, 0.15) is 36.2 Å². The molecule has 2 aromatic rings. The number of ether oxygens (including phenoxy) is 2. The van der Waals surface area contributed by atoms with Crippen molar-refractivity contribution >= 4 is 28.5 Å². The third-order valence-corrected chi connectivity index (χ3v) is 4.12. The lowest BCUT2D eigenvalue weighted by atomic mass is 10.1. The summed E-state index contributed by atoms with van der Waals surface area (Å²) in [6.07, 6.45) is 0.918. The van der Waals surface area contributed by atoms with Crippen molar-refractivity contribution in [1.29, 1.82) is 0 Å². The van der Waals surface area contributed by atoms with Gasteiger partial charge in [0.2, 0.25) is 0 Å². The lowest BCUT2D eigenvalue weighted by molar-refractivity contribution is 0.0950. The monoisotopic (exact) mass is 439 g/mol. The molecular weight excluding hydrogens is 417 g/mol. The second-order valence-corrected chi connectivity index (χ2v) is 6.40. The van der Waals surface area contributed by atoms with E-state index in [1.54, 1.807) is 6.07 Å². The number of halogens is 1. The molecule has 0 aliphatic rings. The summed E-state index contributed by atoms with van der Waals surface area (Å²) in [5.41, 5.74) is 1.64. The Kier molecular flexibility index (Phi) is 7.36. The molecule has 0 aliphatic carbocycles. The van der Waals surface area contributed by atoms with Gasteiger partial charge in [-0.25, -0.2) is 0 Å². The fourth-order valence-corrected chi connectivity index (χ4v) is 2.94. The van der Waals surface area contributed by atoms with E-state index in [0.717, 1.165) is 15.6 Å². The standard InChI is InChI=1S/C19H22INO3/c1-3-10-24-18-16(20)11-15(12-17(18)23-4-2)19(22)21-13-14-8-6-5-7-9-14/h5-9,11-12H,3-4,10,13H2,1-2H3,(H,21,22). The molecule has 1 N–H and O–H groups in total. The first kappa shape index (κ1) is 18.6. The zero-order chi connectivity index (χ0) is 17.4. The molecule has 0 radical (unpaired) electrons. The van der Waals surface area contributed by atoms with Crippen LogP contribution in [0.15, 0.2) is 42.5 Å². The minimum atomic E-state index is -0.125. The van der Waals surface area contributed by atoms with Crippen molar-refractivity contribution in [2.24, 2.45) is 0 Å². The predicted octanol–water partition coefficient (Wildman–Crippen LogP) is 4.41. The molecule has 2 aromatic carbocycles. The minimum absolute atomic E-state index is 0.125. The molecule has 0 saturated heterocycles. The Hall–Kier alpha value is -1.76. The van der Waals surface area contributed by atoms with Gasteiger partial charge in [0.15, 0.2) is 11.5 Å². The normalized spacial score (nSPS) is 10.3. The van der Waals surface area contributed by atoms with E-state index in [1.165, 1.54) is 0 Å². The fraction of sp³-hybridized carbons (Fsp3) is 0.316. The lowest BCUT2D eigenvalue weighted by Gasteiger charge is -2.15. The number of amides is 1. The Balaban J connectivity index is 2.15. The van der Waals surface area contributed by atoms with Crippen molar-refractivity contribution < 1.29 is 14.3 Å². The van der Waals surface area contributed by atoms with Crippen LogP contribution in [0, 0.1) is 3.57 Å². The number of carbonyl (C=O) groups excluding carboxylic acids is 1. The Morgan fingerprint density at radius 3 is 2.54 bits per heavy atom. The average Bonchev–Trinajstić information content (AvgIpc) is 2.60. The van der Waals surface area contributed by atoms with Gasteiger partial charge >= 0.3 is 0 Å². The molecule has 24 heavy (non-hydrogen) atoms. The SMILES string of the molecule is CCCOc1c(I)cc(C(=O)NCc2ccccc2)cc1OCC. The number of rotatable bonds is 8. The van der Waals surface area contributed by atoms with Crippen LogP contribution in [0.2, 0.25) is 0 Å². The maximum atomic E-state index is 12.4. The highest BCUT2D eigenvalue weighted by Crippen LogP contribution is 2.34. The molecule has 4 nitrogen and oxygen atoms in total. The highest BCUT2D eigenvalue weighted by molar-refractivity contribution is 14.1. The fourth-order valence-electron chi connectivity index (χ4n) is 2.19. The molecule has 5 heteroatoms. The second-order valence-electron chi connectivity index (χ2n) is 5.24. The summed E-state index contributed by atoms with van der Waals surface area (Å²) >= 11 is 2.18. The van der Waals surface area contributed by atoms with E-state index in [1.807, 2.05) is 43.3 Å². The Labute approximate surface area is 156 Å². The molecule has 0 unspecified atom stereocenters. The number of benzene rings is 2. The van der Waals surface area contributed by atoms with Crippen LogP contribution < -0.4 is 14.8 Å². The molecule has 0 atom stereocenters. The quantitative estimate of drug-likeness (QED) is 0.620. The molecule has 128 valence electrons. The van der Waals surface area contributed by atoms with Crippen molar-refractivity contribution in [1.82, 2.24) is 5.32 Å². The average molecular weight is 439 g/mol. The molecule has 1 amide bonds. The Morgan fingerprint density at radius 2 is 1.88 bits per heavy atom. The lowest BCUT2D eigenvalue weighted by Crippen LogP contribution is -2.23. The Morgan fingerprint density at radius 1 is 1.12 bits per heavy atom. The predicted molar refractivity (Wildman–Crippen MR) is 104 cm³/mol. The number of hydrogen-bond acceptors (Lipinski definition) is 3. The van der Waals surface area contributed by atoms with Crippen molar-refractivity contribution in [2.75, 3.05) is 13.2 Å². The van der Waals surface area contributed by atoms with E-state index in [0.29, 0.717) is 36.8 Å². The van der Waals surface area contributed by atoms with E-state index in [2.05, 4.69) is 34.8 Å². The van der Waals surface area contributed by atoms with Gasteiger partial charge in [-0.3, -0.25) is 4.79 Å². The molecule has 0 spiro atoms. The van der Waals surface area contributed by atoms with Crippen molar-refractivity contribution in [2.45, 2.75) is 26.8 Å². The molecule has 0 bridgehead atoms. The van der Waals surface area contributed by atoms with Gasteiger partial charge in [-0.2, -0.15) is 0 Å². The van der Waals surface area contributed by atoms with Gasteiger partial charge in [0.25, 0.3) is 5.91 Å². The largest absolute Gasteiger partial charge is 0.490 e.